The van der Waals surface area contributed by atoms with E-state index in [2.05, 4.69) is 31.0 Å². The van der Waals surface area contributed by atoms with E-state index >= 15 is 0 Å². The van der Waals surface area contributed by atoms with Crippen LogP contribution >= 0.6 is 0 Å². The molecule has 2 heterocycles. The van der Waals surface area contributed by atoms with Gasteiger partial charge in [-0.1, -0.05) is 0 Å². The second-order valence-corrected chi connectivity index (χ2v) is 5.97. The summed E-state index contributed by atoms with van der Waals surface area (Å²) in [5.74, 6) is 0.836. The quantitative estimate of drug-likeness (QED) is 0.772. The lowest BCUT2D eigenvalue weighted by molar-refractivity contribution is 0.0160. The van der Waals surface area contributed by atoms with Crippen molar-refractivity contribution >= 4 is 0 Å². The third-order valence-electron chi connectivity index (χ3n) is 4.13. The van der Waals surface area contributed by atoms with Crippen molar-refractivity contribution < 1.29 is 4.74 Å². The number of ether oxygens (including phenoxy) is 1. The Balaban J connectivity index is 1.90. The highest BCUT2D eigenvalue weighted by molar-refractivity contribution is 4.90. The summed E-state index contributed by atoms with van der Waals surface area (Å²) in [7, 11) is 0. The van der Waals surface area contributed by atoms with Gasteiger partial charge in [0.25, 0.3) is 0 Å². The van der Waals surface area contributed by atoms with Crippen molar-refractivity contribution in [3.05, 3.63) is 0 Å². The molecule has 3 nitrogen and oxygen atoms in total. The molecule has 3 heteroatoms. The van der Waals surface area contributed by atoms with Crippen LogP contribution in [0.25, 0.3) is 0 Å². The van der Waals surface area contributed by atoms with Gasteiger partial charge in [-0.3, -0.25) is 4.90 Å². The SMILES string of the molecule is CC(C1CCOCC1)N1CCNC(C)(C)C1. The summed E-state index contributed by atoms with van der Waals surface area (Å²) in [5.41, 5.74) is 0.275. The lowest BCUT2D eigenvalue weighted by atomic mass is 9.90. The zero-order valence-electron chi connectivity index (χ0n) is 11.0. The fraction of sp³-hybridized carbons (Fsp3) is 1.00. The summed E-state index contributed by atoms with van der Waals surface area (Å²) in [6, 6.07) is 0.713. The predicted molar refractivity (Wildman–Crippen MR) is 66.7 cm³/mol. The number of hydrogen-bond acceptors (Lipinski definition) is 3. The van der Waals surface area contributed by atoms with Gasteiger partial charge in [0, 0.05) is 44.4 Å². The van der Waals surface area contributed by atoms with Gasteiger partial charge in [-0.25, -0.2) is 0 Å². The molecule has 0 aromatic heterocycles. The first kappa shape index (κ1) is 12.3. The van der Waals surface area contributed by atoms with Gasteiger partial charge in [0.2, 0.25) is 0 Å². The molecule has 2 rings (SSSR count). The van der Waals surface area contributed by atoms with E-state index in [1.165, 1.54) is 25.9 Å². The highest BCUT2D eigenvalue weighted by Gasteiger charge is 2.32. The Bertz CT molecular complexity index is 224. The van der Waals surface area contributed by atoms with E-state index in [-0.39, 0.29) is 5.54 Å². The first-order valence-electron chi connectivity index (χ1n) is 6.65. The van der Waals surface area contributed by atoms with Crippen molar-refractivity contribution in [1.82, 2.24) is 10.2 Å². The first-order valence-corrected chi connectivity index (χ1v) is 6.65. The fourth-order valence-electron chi connectivity index (χ4n) is 3.02. The molecular weight excluding hydrogens is 200 g/mol. The molecule has 0 bridgehead atoms. The van der Waals surface area contributed by atoms with Gasteiger partial charge in [0.1, 0.15) is 0 Å². The lowest BCUT2D eigenvalue weighted by Gasteiger charge is -2.45. The van der Waals surface area contributed by atoms with Crippen molar-refractivity contribution in [1.29, 1.82) is 0 Å². The molecule has 0 aromatic rings. The van der Waals surface area contributed by atoms with Crippen LogP contribution in [0.5, 0.6) is 0 Å². The number of piperazine rings is 1. The van der Waals surface area contributed by atoms with Crippen LogP contribution in [0.4, 0.5) is 0 Å². The third kappa shape index (κ3) is 2.96. The van der Waals surface area contributed by atoms with Crippen LogP contribution in [-0.2, 0) is 4.74 Å². The maximum Gasteiger partial charge on any atom is 0.0469 e. The van der Waals surface area contributed by atoms with Gasteiger partial charge in [0.05, 0.1) is 0 Å². The van der Waals surface area contributed by atoms with Gasteiger partial charge >= 0.3 is 0 Å². The van der Waals surface area contributed by atoms with Crippen molar-refractivity contribution in [2.75, 3.05) is 32.8 Å². The monoisotopic (exact) mass is 226 g/mol. The molecule has 0 saturated carbocycles. The summed E-state index contributed by atoms with van der Waals surface area (Å²) in [6.07, 6.45) is 2.48. The number of nitrogens with one attached hydrogen (secondary N) is 1. The Morgan fingerprint density at radius 3 is 2.62 bits per heavy atom. The van der Waals surface area contributed by atoms with Crippen LogP contribution in [0, 0.1) is 5.92 Å². The van der Waals surface area contributed by atoms with Crippen molar-refractivity contribution in [3.63, 3.8) is 0 Å². The van der Waals surface area contributed by atoms with Gasteiger partial charge in [-0.05, 0) is 39.5 Å². The molecule has 0 aromatic carbocycles. The van der Waals surface area contributed by atoms with E-state index in [0.717, 1.165) is 25.7 Å². The number of rotatable bonds is 2. The van der Waals surface area contributed by atoms with E-state index in [9.17, 15) is 0 Å². The van der Waals surface area contributed by atoms with Gasteiger partial charge in [-0.15, -0.1) is 0 Å². The van der Waals surface area contributed by atoms with Crippen LogP contribution in [0.2, 0.25) is 0 Å². The predicted octanol–water partition coefficient (Wildman–Crippen LogP) is 1.49. The summed E-state index contributed by atoms with van der Waals surface area (Å²) in [4.78, 5) is 2.66. The van der Waals surface area contributed by atoms with Crippen LogP contribution in [-0.4, -0.2) is 49.3 Å². The molecule has 2 saturated heterocycles. The Kier molecular flexibility index (Phi) is 3.88. The van der Waals surface area contributed by atoms with Crippen LogP contribution in [0.3, 0.4) is 0 Å². The third-order valence-corrected chi connectivity index (χ3v) is 4.13. The molecule has 0 radical (unpaired) electrons. The first-order chi connectivity index (χ1) is 7.58. The summed E-state index contributed by atoms with van der Waals surface area (Å²) < 4.78 is 5.45. The van der Waals surface area contributed by atoms with Crippen LogP contribution in [0.1, 0.15) is 33.6 Å². The minimum atomic E-state index is 0.275. The summed E-state index contributed by atoms with van der Waals surface area (Å²) >= 11 is 0. The molecule has 1 unspecified atom stereocenters. The fourth-order valence-corrected chi connectivity index (χ4v) is 3.02. The standard InChI is InChI=1S/C13H26N2O/c1-11(12-4-8-16-9-5-12)15-7-6-14-13(2,3)10-15/h11-12,14H,4-10H2,1-3H3. The Morgan fingerprint density at radius 2 is 2.00 bits per heavy atom. The smallest absolute Gasteiger partial charge is 0.0469 e. The molecule has 1 N–H and O–H groups in total. The Morgan fingerprint density at radius 1 is 1.31 bits per heavy atom. The summed E-state index contributed by atoms with van der Waals surface area (Å²) in [5, 5.41) is 3.58. The zero-order valence-corrected chi connectivity index (χ0v) is 11.0. The van der Waals surface area contributed by atoms with Crippen molar-refractivity contribution in [3.8, 4) is 0 Å². The molecule has 0 amide bonds. The second kappa shape index (κ2) is 5.03. The largest absolute Gasteiger partial charge is 0.381 e. The molecule has 94 valence electrons. The van der Waals surface area contributed by atoms with Crippen LogP contribution < -0.4 is 5.32 Å². The van der Waals surface area contributed by atoms with Crippen LogP contribution in [0.15, 0.2) is 0 Å². The average Bonchev–Trinajstić information content (AvgIpc) is 2.28. The molecule has 2 aliphatic rings. The normalized spacial score (nSPS) is 30.2. The average molecular weight is 226 g/mol. The number of hydrogen-bond donors (Lipinski definition) is 1. The van der Waals surface area contributed by atoms with E-state index in [1.807, 2.05) is 0 Å². The molecule has 0 spiro atoms. The molecule has 2 aliphatic heterocycles. The molecule has 16 heavy (non-hydrogen) atoms. The lowest BCUT2D eigenvalue weighted by Crippen LogP contribution is -2.60. The second-order valence-electron chi connectivity index (χ2n) is 5.97. The maximum atomic E-state index is 5.45. The minimum absolute atomic E-state index is 0.275. The topological polar surface area (TPSA) is 24.5 Å². The molecule has 1 atom stereocenters. The molecule has 2 fully saturated rings. The van der Waals surface area contributed by atoms with E-state index in [1.54, 1.807) is 0 Å². The van der Waals surface area contributed by atoms with E-state index in [0.29, 0.717) is 6.04 Å². The minimum Gasteiger partial charge on any atom is -0.381 e. The zero-order chi connectivity index (χ0) is 11.6. The number of nitrogens with zero attached hydrogens (tertiary/aromatic N) is 1. The highest BCUT2D eigenvalue weighted by Crippen LogP contribution is 2.24. The van der Waals surface area contributed by atoms with Crippen molar-refractivity contribution in [2.45, 2.75) is 45.2 Å². The molecular formula is C13H26N2O. The Labute approximate surface area is 99.5 Å². The summed E-state index contributed by atoms with van der Waals surface area (Å²) in [6.45, 7) is 12.4. The van der Waals surface area contributed by atoms with E-state index < -0.39 is 0 Å². The highest BCUT2D eigenvalue weighted by atomic mass is 16.5. The van der Waals surface area contributed by atoms with E-state index in [4.69, 9.17) is 4.74 Å². The van der Waals surface area contributed by atoms with Crippen molar-refractivity contribution in [2.24, 2.45) is 5.92 Å². The van der Waals surface area contributed by atoms with Gasteiger partial charge in [0.15, 0.2) is 0 Å². The molecule has 0 aliphatic carbocycles. The Hall–Kier alpha value is -0.120. The van der Waals surface area contributed by atoms with Gasteiger partial charge in [-0.2, -0.15) is 0 Å². The maximum absolute atomic E-state index is 5.45. The van der Waals surface area contributed by atoms with Gasteiger partial charge < -0.3 is 10.1 Å².